The Bertz CT molecular complexity index is 1120. The molecule has 0 radical (unpaired) electrons. The number of nitrogens with zero attached hydrogens (tertiary/aromatic N) is 3. The number of hydrogen-bond donors (Lipinski definition) is 0. The molecule has 5 atom stereocenters. The Labute approximate surface area is 226 Å². The SMILES string of the molecule is C[C@]12C=CC(=O)C=C1CC[C@@H]1C2=CC[C@]2(C)[C@@H](C(=O)CN3CCN(c4ccccn4)CC3)CC[C@@H]12.Cl.O. The number of fused-ring (bicyclic) bond motifs is 5. The molecule has 0 spiro atoms. The monoisotopic (exact) mass is 525 g/mol. The molecule has 4 aliphatic carbocycles. The van der Waals surface area contributed by atoms with Crippen LogP contribution in [0.3, 0.4) is 0 Å². The van der Waals surface area contributed by atoms with Crippen molar-refractivity contribution < 1.29 is 15.1 Å². The summed E-state index contributed by atoms with van der Waals surface area (Å²) in [5.41, 5.74) is 2.76. The third kappa shape index (κ3) is 4.62. The molecule has 2 heterocycles. The minimum atomic E-state index is -0.104. The standard InChI is InChI=1S/C30H37N3O2.ClH.H2O/c1-29-12-10-22(34)19-21(29)6-7-23-24-8-9-26(30(24,2)13-11-25(23)29)27(35)20-32-15-17-33(18-16-32)28-5-3-4-14-31-28;;/h3-5,10-12,14,19,23-24,26H,6-9,13,15-18,20H2,1-2H3;1H;1H2/t23-,24-,26+,29-,30-;;/m0../s1. The van der Waals surface area contributed by atoms with Crippen LogP contribution in [0.5, 0.6) is 0 Å². The number of allylic oxidation sites excluding steroid dienone is 6. The number of aromatic nitrogens is 1. The maximum absolute atomic E-state index is 13.7. The quantitative estimate of drug-likeness (QED) is 0.550. The number of hydrogen-bond acceptors (Lipinski definition) is 5. The summed E-state index contributed by atoms with van der Waals surface area (Å²) in [4.78, 5) is 34.8. The van der Waals surface area contributed by atoms with Gasteiger partial charge < -0.3 is 10.4 Å². The van der Waals surface area contributed by atoms with Gasteiger partial charge >= 0.3 is 0 Å². The first-order chi connectivity index (χ1) is 16.9. The second-order valence-electron chi connectivity index (χ2n) is 11.8. The average Bonchev–Trinajstić information content (AvgIpc) is 3.23. The molecule has 0 bridgehead atoms. The molecular weight excluding hydrogens is 486 g/mol. The second-order valence-corrected chi connectivity index (χ2v) is 11.8. The Morgan fingerprint density at radius 2 is 1.89 bits per heavy atom. The van der Waals surface area contributed by atoms with Crippen LogP contribution in [0.15, 0.2) is 59.8 Å². The van der Waals surface area contributed by atoms with Gasteiger partial charge in [0.15, 0.2) is 5.78 Å². The van der Waals surface area contributed by atoms with E-state index in [2.05, 4.69) is 46.8 Å². The summed E-state index contributed by atoms with van der Waals surface area (Å²) >= 11 is 0. The molecule has 1 aromatic heterocycles. The van der Waals surface area contributed by atoms with Gasteiger partial charge in [0.25, 0.3) is 0 Å². The molecule has 0 unspecified atom stereocenters. The molecule has 2 saturated carbocycles. The second kappa shape index (κ2) is 10.5. The van der Waals surface area contributed by atoms with Gasteiger partial charge in [0, 0.05) is 43.7 Å². The molecule has 6 rings (SSSR count). The molecule has 7 heteroatoms. The van der Waals surface area contributed by atoms with Crippen molar-refractivity contribution in [1.29, 1.82) is 0 Å². The van der Waals surface area contributed by atoms with Gasteiger partial charge in [-0.15, -0.1) is 12.4 Å². The summed E-state index contributed by atoms with van der Waals surface area (Å²) in [6.45, 7) is 8.96. The first kappa shape index (κ1) is 27.7. The number of pyridine rings is 1. The van der Waals surface area contributed by atoms with E-state index < -0.39 is 0 Å². The van der Waals surface area contributed by atoms with Gasteiger partial charge in [0.05, 0.1) is 6.54 Å². The summed E-state index contributed by atoms with van der Waals surface area (Å²) in [7, 11) is 0. The normalized spacial score (nSPS) is 34.7. The molecule has 200 valence electrons. The van der Waals surface area contributed by atoms with Crippen LogP contribution in [0.2, 0.25) is 0 Å². The highest BCUT2D eigenvalue weighted by molar-refractivity contribution is 6.01. The van der Waals surface area contributed by atoms with Crippen molar-refractivity contribution in [2.45, 2.75) is 46.0 Å². The molecule has 3 fully saturated rings. The van der Waals surface area contributed by atoms with Crippen molar-refractivity contribution in [3.8, 4) is 0 Å². The maximum atomic E-state index is 13.7. The van der Waals surface area contributed by atoms with Crippen molar-refractivity contribution in [2.24, 2.45) is 28.6 Å². The summed E-state index contributed by atoms with van der Waals surface area (Å²) in [6, 6.07) is 6.05. The fraction of sp³-hybridized carbons (Fsp3) is 0.567. The van der Waals surface area contributed by atoms with E-state index in [1.54, 1.807) is 6.08 Å². The summed E-state index contributed by atoms with van der Waals surface area (Å²) in [5.74, 6) is 2.88. The van der Waals surface area contributed by atoms with E-state index in [0.717, 1.165) is 64.1 Å². The van der Waals surface area contributed by atoms with E-state index >= 15 is 0 Å². The van der Waals surface area contributed by atoms with Gasteiger partial charge in [0.2, 0.25) is 0 Å². The van der Waals surface area contributed by atoms with Gasteiger partial charge in [0.1, 0.15) is 11.6 Å². The summed E-state index contributed by atoms with van der Waals surface area (Å²) in [6.07, 6.45) is 15.4. The number of rotatable bonds is 4. The number of piperazine rings is 1. The van der Waals surface area contributed by atoms with Gasteiger partial charge in [-0.2, -0.15) is 0 Å². The lowest BCUT2D eigenvalue weighted by molar-refractivity contribution is -0.128. The van der Waals surface area contributed by atoms with Gasteiger partial charge in [-0.1, -0.05) is 36.3 Å². The van der Waals surface area contributed by atoms with E-state index in [1.165, 1.54) is 11.1 Å². The van der Waals surface area contributed by atoms with Crippen LogP contribution in [0.4, 0.5) is 5.82 Å². The highest BCUT2D eigenvalue weighted by atomic mass is 35.5. The highest BCUT2D eigenvalue weighted by Crippen LogP contribution is 2.63. The molecule has 1 aliphatic heterocycles. The molecule has 1 saturated heterocycles. The zero-order chi connectivity index (χ0) is 24.2. The van der Waals surface area contributed by atoms with Crippen molar-refractivity contribution in [3.63, 3.8) is 0 Å². The Morgan fingerprint density at radius 3 is 2.62 bits per heavy atom. The van der Waals surface area contributed by atoms with Crippen LogP contribution in [-0.4, -0.2) is 59.7 Å². The zero-order valence-corrected chi connectivity index (χ0v) is 22.8. The maximum Gasteiger partial charge on any atom is 0.178 e. The lowest BCUT2D eigenvalue weighted by Gasteiger charge is -2.52. The summed E-state index contributed by atoms with van der Waals surface area (Å²) < 4.78 is 0. The molecule has 2 N–H and O–H groups in total. The largest absolute Gasteiger partial charge is 0.412 e. The van der Waals surface area contributed by atoms with Crippen LogP contribution in [0.1, 0.15) is 46.0 Å². The van der Waals surface area contributed by atoms with Gasteiger partial charge in [-0.3, -0.25) is 14.5 Å². The molecule has 37 heavy (non-hydrogen) atoms. The number of carbonyl (C=O) groups is 2. The first-order valence-electron chi connectivity index (χ1n) is 13.4. The van der Waals surface area contributed by atoms with Crippen molar-refractivity contribution in [1.82, 2.24) is 9.88 Å². The minimum Gasteiger partial charge on any atom is -0.412 e. The molecule has 5 aliphatic rings. The van der Waals surface area contributed by atoms with E-state index in [0.29, 0.717) is 24.2 Å². The fourth-order valence-corrected chi connectivity index (χ4v) is 8.06. The van der Waals surface area contributed by atoms with Crippen molar-refractivity contribution >= 4 is 29.8 Å². The topological polar surface area (TPSA) is 85.0 Å². The third-order valence-corrected chi connectivity index (χ3v) is 10.1. The average molecular weight is 526 g/mol. The van der Waals surface area contributed by atoms with Gasteiger partial charge in [-0.05, 0) is 80.6 Å². The molecule has 0 amide bonds. The summed E-state index contributed by atoms with van der Waals surface area (Å²) in [5, 5.41) is 0. The number of Topliss-reactive ketones (excluding diaryl/α,β-unsaturated/α-hetero) is 1. The Balaban J connectivity index is 0.00000160. The molecule has 6 nitrogen and oxygen atoms in total. The number of ketones is 2. The fourth-order valence-electron chi connectivity index (χ4n) is 8.06. The van der Waals surface area contributed by atoms with E-state index in [4.69, 9.17) is 0 Å². The van der Waals surface area contributed by atoms with E-state index in [-0.39, 0.29) is 40.4 Å². The number of halogens is 1. The number of anilines is 1. The van der Waals surface area contributed by atoms with E-state index in [1.807, 2.05) is 24.4 Å². The van der Waals surface area contributed by atoms with Crippen LogP contribution >= 0.6 is 12.4 Å². The minimum absolute atomic E-state index is 0. The lowest BCUT2D eigenvalue weighted by Crippen LogP contribution is -2.50. The predicted octanol–water partition coefficient (Wildman–Crippen LogP) is 4.21. The van der Waals surface area contributed by atoms with Crippen LogP contribution in [-0.2, 0) is 9.59 Å². The Hall–Kier alpha value is -2.28. The third-order valence-electron chi connectivity index (χ3n) is 10.1. The zero-order valence-electron chi connectivity index (χ0n) is 22.0. The lowest BCUT2D eigenvalue weighted by atomic mass is 9.52. The van der Waals surface area contributed by atoms with E-state index in [9.17, 15) is 9.59 Å². The number of carbonyl (C=O) groups excluding carboxylic acids is 2. The Kier molecular flexibility index (Phi) is 7.85. The first-order valence-corrected chi connectivity index (χ1v) is 13.4. The predicted molar refractivity (Wildman–Crippen MR) is 149 cm³/mol. The smallest absolute Gasteiger partial charge is 0.178 e. The van der Waals surface area contributed by atoms with Crippen molar-refractivity contribution in [2.75, 3.05) is 37.6 Å². The highest BCUT2D eigenvalue weighted by Gasteiger charge is 2.56. The Morgan fingerprint density at radius 1 is 1.11 bits per heavy atom. The molecule has 1 aromatic rings. The molecular formula is C30H40ClN3O3. The van der Waals surface area contributed by atoms with Crippen LogP contribution < -0.4 is 4.90 Å². The molecule has 0 aromatic carbocycles. The van der Waals surface area contributed by atoms with Gasteiger partial charge in [-0.25, -0.2) is 4.98 Å². The van der Waals surface area contributed by atoms with Crippen molar-refractivity contribution in [3.05, 3.63) is 59.8 Å². The van der Waals surface area contributed by atoms with Crippen LogP contribution in [0.25, 0.3) is 0 Å². The van der Waals surface area contributed by atoms with Crippen LogP contribution in [0, 0.1) is 28.6 Å².